The first-order valence-electron chi connectivity index (χ1n) is 8.81. The lowest BCUT2D eigenvalue weighted by Crippen LogP contribution is -2.44. The zero-order chi connectivity index (χ0) is 18.8. The van der Waals surface area contributed by atoms with Crippen LogP contribution in [0.15, 0.2) is 33.4 Å². The largest absolute Gasteiger partial charge is 0.464 e. The number of morpholine rings is 1. The molecule has 3 heterocycles. The molecule has 1 aliphatic heterocycles. The van der Waals surface area contributed by atoms with Crippen LogP contribution in [0.3, 0.4) is 0 Å². The van der Waals surface area contributed by atoms with Gasteiger partial charge in [-0.05, 0) is 18.6 Å². The summed E-state index contributed by atoms with van der Waals surface area (Å²) >= 11 is 0. The van der Waals surface area contributed by atoms with E-state index in [1.165, 1.54) is 0 Å². The summed E-state index contributed by atoms with van der Waals surface area (Å²) in [5.74, 6) is 0.786. The van der Waals surface area contributed by atoms with Crippen LogP contribution < -0.4 is 0 Å². The van der Waals surface area contributed by atoms with E-state index in [9.17, 15) is 4.79 Å². The highest BCUT2D eigenvalue weighted by Crippen LogP contribution is 2.26. The van der Waals surface area contributed by atoms with E-state index in [1.807, 2.05) is 25.1 Å². The zero-order valence-corrected chi connectivity index (χ0v) is 15.3. The van der Waals surface area contributed by atoms with Gasteiger partial charge in [-0.3, -0.25) is 4.79 Å². The van der Waals surface area contributed by atoms with Crippen molar-refractivity contribution in [1.82, 2.24) is 15.0 Å². The zero-order valence-electron chi connectivity index (χ0n) is 15.3. The van der Waals surface area contributed by atoms with Gasteiger partial charge in [0.15, 0.2) is 5.82 Å². The predicted molar refractivity (Wildman–Crippen MR) is 94.9 cm³/mol. The Morgan fingerprint density at radius 3 is 3.15 bits per heavy atom. The standard InChI is InChI=1S/C19H21N3O5/c1-12-3-4-14-13(9-26-16(14)7-12)8-18(23)22-5-6-25-10-15(22)19-20-17(11-24-2)27-21-19/h3-4,7,9,15H,5-6,8,10-11H2,1-2H3/t15-/m0/s1. The molecule has 0 bridgehead atoms. The Kier molecular flexibility index (Phi) is 4.91. The van der Waals surface area contributed by atoms with Gasteiger partial charge in [-0.1, -0.05) is 17.3 Å². The van der Waals surface area contributed by atoms with Gasteiger partial charge in [0.1, 0.15) is 18.2 Å². The molecular weight excluding hydrogens is 350 g/mol. The SMILES string of the molecule is COCc1nc([C@@H]2COCCN2C(=O)Cc2coc3cc(C)ccc23)no1. The maximum atomic E-state index is 13.0. The van der Waals surface area contributed by atoms with Crippen LogP contribution >= 0.6 is 0 Å². The minimum Gasteiger partial charge on any atom is -0.464 e. The van der Waals surface area contributed by atoms with E-state index >= 15 is 0 Å². The molecule has 1 aliphatic rings. The number of benzene rings is 1. The molecule has 1 saturated heterocycles. The first kappa shape index (κ1) is 17.7. The van der Waals surface area contributed by atoms with Crippen molar-refractivity contribution in [1.29, 1.82) is 0 Å². The van der Waals surface area contributed by atoms with E-state index in [-0.39, 0.29) is 25.0 Å². The van der Waals surface area contributed by atoms with E-state index in [4.69, 9.17) is 18.4 Å². The first-order chi connectivity index (χ1) is 13.2. The maximum Gasteiger partial charge on any atom is 0.252 e. The quantitative estimate of drug-likeness (QED) is 0.680. The van der Waals surface area contributed by atoms with E-state index in [0.717, 1.165) is 22.1 Å². The third-order valence-electron chi connectivity index (χ3n) is 4.65. The summed E-state index contributed by atoms with van der Waals surface area (Å²) in [6.45, 7) is 3.54. The highest BCUT2D eigenvalue weighted by atomic mass is 16.5. The second kappa shape index (κ2) is 7.50. The summed E-state index contributed by atoms with van der Waals surface area (Å²) in [5.41, 5.74) is 2.78. The van der Waals surface area contributed by atoms with E-state index in [2.05, 4.69) is 10.1 Å². The molecule has 1 aromatic carbocycles. The minimum atomic E-state index is -0.374. The molecule has 4 rings (SSSR count). The fraction of sp³-hybridized carbons (Fsp3) is 0.421. The van der Waals surface area contributed by atoms with Crippen LogP contribution in [-0.2, 0) is 27.3 Å². The smallest absolute Gasteiger partial charge is 0.252 e. The van der Waals surface area contributed by atoms with Crippen LogP contribution in [0, 0.1) is 6.92 Å². The van der Waals surface area contributed by atoms with Crippen molar-refractivity contribution in [3.63, 3.8) is 0 Å². The molecule has 0 saturated carbocycles. The van der Waals surface area contributed by atoms with Gasteiger partial charge in [0.2, 0.25) is 5.91 Å². The Morgan fingerprint density at radius 2 is 2.30 bits per heavy atom. The van der Waals surface area contributed by atoms with Gasteiger partial charge in [-0.15, -0.1) is 0 Å². The Labute approximate surface area is 156 Å². The number of nitrogens with zero attached hydrogens (tertiary/aromatic N) is 3. The van der Waals surface area contributed by atoms with Crippen molar-refractivity contribution in [2.24, 2.45) is 0 Å². The number of rotatable bonds is 5. The monoisotopic (exact) mass is 371 g/mol. The van der Waals surface area contributed by atoms with Crippen molar-refractivity contribution in [2.45, 2.75) is 26.0 Å². The average molecular weight is 371 g/mol. The van der Waals surface area contributed by atoms with Gasteiger partial charge in [0.25, 0.3) is 5.89 Å². The lowest BCUT2D eigenvalue weighted by molar-refractivity contribution is -0.139. The summed E-state index contributed by atoms with van der Waals surface area (Å²) in [6, 6.07) is 5.60. The second-order valence-electron chi connectivity index (χ2n) is 6.59. The molecule has 2 aromatic heterocycles. The van der Waals surface area contributed by atoms with Gasteiger partial charge < -0.3 is 23.3 Å². The van der Waals surface area contributed by atoms with Crippen molar-refractivity contribution >= 4 is 16.9 Å². The molecular formula is C19H21N3O5. The number of hydrogen-bond acceptors (Lipinski definition) is 7. The van der Waals surface area contributed by atoms with E-state index in [1.54, 1.807) is 18.3 Å². The first-order valence-corrected chi connectivity index (χ1v) is 8.81. The summed E-state index contributed by atoms with van der Waals surface area (Å²) in [6.07, 6.45) is 1.90. The summed E-state index contributed by atoms with van der Waals surface area (Å²) in [7, 11) is 1.56. The minimum absolute atomic E-state index is 0.0235. The summed E-state index contributed by atoms with van der Waals surface area (Å²) in [5, 5.41) is 4.95. The molecule has 27 heavy (non-hydrogen) atoms. The molecule has 3 aromatic rings. The highest BCUT2D eigenvalue weighted by molar-refractivity contribution is 5.88. The van der Waals surface area contributed by atoms with Crippen LogP contribution in [0.4, 0.5) is 0 Å². The number of aromatic nitrogens is 2. The predicted octanol–water partition coefficient (Wildman–Crippen LogP) is 2.41. The van der Waals surface area contributed by atoms with Crippen LogP contribution in [0.1, 0.15) is 28.9 Å². The van der Waals surface area contributed by atoms with Gasteiger partial charge >= 0.3 is 0 Å². The van der Waals surface area contributed by atoms with Crippen LogP contribution in [0.2, 0.25) is 0 Å². The maximum absolute atomic E-state index is 13.0. The molecule has 8 nitrogen and oxygen atoms in total. The number of methoxy groups -OCH3 is 1. The molecule has 0 aliphatic carbocycles. The third kappa shape index (κ3) is 3.58. The fourth-order valence-electron chi connectivity index (χ4n) is 3.29. The number of fused-ring (bicyclic) bond motifs is 1. The Balaban J connectivity index is 1.54. The van der Waals surface area contributed by atoms with Gasteiger partial charge in [0.05, 0.1) is 25.9 Å². The number of furan rings is 1. The van der Waals surface area contributed by atoms with Crippen molar-refractivity contribution in [3.05, 3.63) is 47.3 Å². The molecule has 0 radical (unpaired) electrons. The Morgan fingerprint density at radius 1 is 1.41 bits per heavy atom. The number of hydrogen-bond donors (Lipinski definition) is 0. The Bertz CT molecular complexity index is 948. The summed E-state index contributed by atoms with van der Waals surface area (Å²) in [4.78, 5) is 19.1. The number of aryl methyl sites for hydroxylation is 1. The Hall–Kier alpha value is -2.71. The number of carbonyl (C=O) groups excluding carboxylic acids is 1. The molecule has 0 spiro atoms. The average Bonchev–Trinajstić information content (AvgIpc) is 3.29. The van der Waals surface area contributed by atoms with Crippen molar-refractivity contribution in [3.8, 4) is 0 Å². The molecule has 1 amide bonds. The van der Waals surface area contributed by atoms with Gasteiger partial charge in [0, 0.05) is 24.6 Å². The van der Waals surface area contributed by atoms with E-state index < -0.39 is 0 Å². The van der Waals surface area contributed by atoms with Crippen molar-refractivity contribution in [2.75, 3.05) is 26.9 Å². The molecule has 0 unspecified atom stereocenters. The molecule has 8 heteroatoms. The lowest BCUT2D eigenvalue weighted by atomic mass is 10.1. The molecule has 0 N–H and O–H groups in total. The molecule has 142 valence electrons. The third-order valence-corrected chi connectivity index (χ3v) is 4.65. The number of amides is 1. The van der Waals surface area contributed by atoms with Crippen molar-refractivity contribution < 1.29 is 23.2 Å². The second-order valence-corrected chi connectivity index (χ2v) is 6.59. The normalized spacial score (nSPS) is 17.6. The van der Waals surface area contributed by atoms with Gasteiger partial charge in [-0.2, -0.15) is 4.98 Å². The highest BCUT2D eigenvalue weighted by Gasteiger charge is 2.32. The van der Waals surface area contributed by atoms with E-state index in [0.29, 0.717) is 31.5 Å². The number of ether oxygens (including phenoxy) is 2. The van der Waals surface area contributed by atoms with Crippen LogP contribution in [0.25, 0.3) is 11.0 Å². The lowest BCUT2D eigenvalue weighted by Gasteiger charge is -2.33. The topological polar surface area (TPSA) is 90.8 Å². The van der Waals surface area contributed by atoms with Gasteiger partial charge in [-0.25, -0.2) is 0 Å². The van der Waals surface area contributed by atoms with Crippen LogP contribution in [0.5, 0.6) is 0 Å². The molecule has 1 fully saturated rings. The van der Waals surface area contributed by atoms with Crippen LogP contribution in [-0.4, -0.2) is 47.8 Å². The fourth-order valence-corrected chi connectivity index (χ4v) is 3.29. The molecule has 1 atom stereocenters. The number of carbonyl (C=O) groups is 1. The summed E-state index contributed by atoms with van der Waals surface area (Å²) < 4.78 is 21.3.